The summed E-state index contributed by atoms with van der Waals surface area (Å²) in [5.74, 6) is 0.660. The second kappa shape index (κ2) is 6.66. The molecule has 3 fully saturated rings. The van der Waals surface area contributed by atoms with Gasteiger partial charge in [0.2, 0.25) is 11.8 Å². The number of carbonyl (C=O) groups excluding carboxylic acids is 2. The van der Waals surface area contributed by atoms with Crippen molar-refractivity contribution in [1.82, 2.24) is 10.2 Å². The van der Waals surface area contributed by atoms with E-state index in [1.165, 1.54) is 0 Å². The lowest BCUT2D eigenvalue weighted by molar-refractivity contribution is -0.158. The molecule has 0 atom stereocenters. The fourth-order valence-corrected chi connectivity index (χ4v) is 4.66. The van der Waals surface area contributed by atoms with Gasteiger partial charge in [0.15, 0.2) is 0 Å². The van der Waals surface area contributed by atoms with Crippen LogP contribution < -0.4 is 5.32 Å². The number of likely N-dealkylation sites (tertiary alicyclic amines) is 1. The van der Waals surface area contributed by atoms with Crippen LogP contribution in [0.5, 0.6) is 0 Å². The van der Waals surface area contributed by atoms with Crippen LogP contribution in [-0.4, -0.2) is 48.1 Å². The van der Waals surface area contributed by atoms with Crippen LogP contribution in [0.2, 0.25) is 0 Å². The molecule has 2 aliphatic carbocycles. The maximum Gasteiger partial charge on any atom is 0.225 e. The molecule has 24 heavy (non-hydrogen) atoms. The molecule has 3 rings (SSSR count). The lowest BCUT2D eigenvalue weighted by Crippen LogP contribution is -2.78. The molecule has 0 aromatic rings. The first-order valence-corrected chi connectivity index (χ1v) is 9.67. The Morgan fingerprint density at radius 2 is 1.75 bits per heavy atom. The van der Waals surface area contributed by atoms with Crippen molar-refractivity contribution >= 4 is 11.8 Å². The summed E-state index contributed by atoms with van der Waals surface area (Å²) in [7, 11) is 1.74. The number of carbonyl (C=O) groups is 2. The van der Waals surface area contributed by atoms with Crippen LogP contribution >= 0.6 is 0 Å². The van der Waals surface area contributed by atoms with E-state index in [0.717, 1.165) is 51.4 Å². The number of nitrogens with one attached hydrogen (secondary N) is 1. The molecule has 1 aliphatic heterocycles. The average Bonchev–Trinajstić information content (AvgIpc) is 3.15. The number of amides is 2. The molecule has 2 saturated carbocycles. The van der Waals surface area contributed by atoms with Gasteiger partial charge in [-0.2, -0.15) is 0 Å². The highest BCUT2D eigenvalue weighted by Crippen LogP contribution is 2.52. The molecule has 3 aliphatic rings. The van der Waals surface area contributed by atoms with Crippen molar-refractivity contribution < 1.29 is 14.3 Å². The van der Waals surface area contributed by atoms with Gasteiger partial charge in [-0.05, 0) is 38.5 Å². The highest BCUT2D eigenvalue weighted by Gasteiger charge is 2.67. The van der Waals surface area contributed by atoms with E-state index in [1.54, 1.807) is 7.11 Å². The van der Waals surface area contributed by atoms with Gasteiger partial charge in [0.05, 0.1) is 5.60 Å². The van der Waals surface area contributed by atoms with Crippen molar-refractivity contribution in [2.24, 2.45) is 11.8 Å². The van der Waals surface area contributed by atoms with Crippen LogP contribution in [0, 0.1) is 11.8 Å². The standard InChI is InChI=1S/C19H32N2O3/c1-4-14(5-2)17(23)21-12-18(13-21,19(24-3)10-11-19)20-16(22)15-8-6-7-9-15/h14-15H,4-13H2,1-3H3,(H,20,22). The molecule has 136 valence electrons. The minimum Gasteiger partial charge on any atom is -0.376 e. The first kappa shape index (κ1) is 17.7. The van der Waals surface area contributed by atoms with Crippen LogP contribution in [0.1, 0.15) is 65.2 Å². The lowest BCUT2D eigenvalue weighted by atomic mass is 9.79. The van der Waals surface area contributed by atoms with Gasteiger partial charge in [0, 0.05) is 32.0 Å². The van der Waals surface area contributed by atoms with Gasteiger partial charge in [-0.1, -0.05) is 26.7 Å². The third-order valence-electron chi connectivity index (χ3n) is 6.62. The van der Waals surface area contributed by atoms with Crippen LogP contribution in [0.15, 0.2) is 0 Å². The molecule has 0 aromatic heterocycles. The van der Waals surface area contributed by atoms with E-state index in [4.69, 9.17) is 4.74 Å². The second-order valence-corrected chi connectivity index (χ2v) is 7.96. The smallest absolute Gasteiger partial charge is 0.225 e. The molecule has 1 N–H and O–H groups in total. The molecule has 2 amide bonds. The summed E-state index contributed by atoms with van der Waals surface area (Å²) in [6.07, 6.45) is 8.00. The summed E-state index contributed by atoms with van der Waals surface area (Å²) in [6, 6.07) is 0. The van der Waals surface area contributed by atoms with Gasteiger partial charge < -0.3 is 15.0 Å². The quantitative estimate of drug-likeness (QED) is 0.777. The summed E-state index contributed by atoms with van der Waals surface area (Å²) in [4.78, 5) is 27.2. The minimum absolute atomic E-state index is 0.103. The summed E-state index contributed by atoms with van der Waals surface area (Å²) in [6.45, 7) is 5.35. The Bertz CT molecular complexity index is 485. The van der Waals surface area contributed by atoms with Crippen LogP contribution in [0.4, 0.5) is 0 Å². The fraction of sp³-hybridized carbons (Fsp3) is 0.895. The Kier molecular flexibility index (Phi) is 4.92. The summed E-state index contributed by atoms with van der Waals surface area (Å²) in [5, 5.41) is 3.33. The van der Waals surface area contributed by atoms with Crippen molar-refractivity contribution in [1.29, 1.82) is 0 Å². The molecule has 5 heteroatoms. The molecular weight excluding hydrogens is 304 g/mol. The molecule has 5 nitrogen and oxygen atoms in total. The average molecular weight is 336 g/mol. The third kappa shape index (κ3) is 2.85. The highest BCUT2D eigenvalue weighted by molar-refractivity contribution is 5.83. The second-order valence-electron chi connectivity index (χ2n) is 7.96. The SMILES string of the molecule is CCC(CC)C(=O)N1CC(NC(=O)C2CCCC2)(C2(OC)CC2)C1. The molecule has 0 bridgehead atoms. The molecule has 0 radical (unpaired) electrons. The maximum atomic E-state index is 12.7. The van der Waals surface area contributed by atoms with Crippen molar-refractivity contribution in [3.05, 3.63) is 0 Å². The van der Waals surface area contributed by atoms with Crippen molar-refractivity contribution in [2.45, 2.75) is 76.4 Å². The van der Waals surface area contributed by atoms with Crippen LogP contribution in [0.3, 0.4) is 0 Å². The topological polar surface area (TPSA) is 58.6 Å². The van der Waals surface area contributed by atoms with E-state index in [-0.39, 0.29) is 34.8 Å². The largest absolute Gasteiger partial charge is 0.376 e. The van der Waals surface area contributed by atoms with E-state index in [1.807, 2.05) is 4.90 Å². The molecule has 0 spiro atoms. The Morgan fingerprint density at radius 3 is 2.21 bits per heavy atom. The minimum atomic E-state index is -0.372. The Morgan fingerprint density at radius 1 is 1.17 bits per heavy atom. The van der Waals surface area contributed by atoms with E-state index < -0.39 is 0 Å². The number of hydrogen-bond acceptors (Lipinski definition) is 3. The maximum absolute atomic E-state index is 12.7. The van der Waals surface area contributed by atoms with Gasteiger partial charge >= 0.3 is 0 Å². The first-order chi connectivity index (χ1) is 11.5. The first-order valence-electron chi connectivity index (χ1n) is 9.67. The van der Waals surface area contributed by atoms with Gasteiger partial charge in [-0.25, -0.2) is 0 Å². The van der Waals surface area contributed by atoms with Gasteiger partial charge in [0.25, 0.3) is 0 Å². The summed E-state index contributed by atoms with van der Waals surface area (Å²) in [5.41, 5.74) is -0.630. The predicted octanol–water partition coefficient (Wildman–Crippen LogP) is 2.49. The van der Waals surface area contributed by atoms with E-state index in [2.05, 4.69) is 19.2 Å². The van der Waals surface area contributed by atoms with E-state index in [9.17, 15) is 9.59 Å². The fourth-order valence-electron chi connectivity index (χ4n) is 4.66. The van der Waals surface area contributed by atoms with Gasteiger partial charge in [0.1, 0.15) is 5.54 Å². The monoisotopic (exact) mass is 336 g/mol. The molecular formula is C19H32N2O3. The zero-order valence-electron chi connectivity index (χ0n) is 15.4. The Labute approximate surface area is 145 Å². The zero-order valence-corrected chi connectivity index (χ0v) is 15.4. The van der Waals surface area contributed by atoms with E-state index in [0.29, 0.717) is 13.1 Å². The van der Waals surface area contributed by atoms with Gasteiger partial charge in [-0.15, -0.1) is 0 Å². The number of hydrogen-bond donors (Lipinski definition) is 1. The highest BCUT2D eigenvalue weighted by atomic mass is 16.5. The third-order valence-corrected chi connectivity index (χ3v) is 6.62. The van der Waals surface area contributed by atoms with Crippen LogP contribution in [-0.2, 0) is 14.3 Å². The predicted molar refractivity (Wildman–Crippen MR) is 92.5 cm³/mol. The molecule has 1 heterocycles. The van der Waals surface area contributed by atoms with Crippen LogP contribution in [0.25, 0.3) is 0 Å². The van der Waals surface area contributed by atoms with Crippen molar-refractivity contribution in [3.8, 4) is 0 Å². The lowest BCUT2D eigenvalue weighted by Gasteiger charge is -2.55. The number of methoxy groups -OCH3 is 1. The molecule has 0 aromatic carbocycles. The van der Waals surface area contributed by atoms with Gasteiger partial charge in [-0.3, -0.25) is 9.59 Å². The summed E-state index contributed by atoms with van der Waals surface area (Å²) < 4.78 is 5.81. The van der Waals surface area contributed by atoms with E-state index >= 15 is 0 Å². The summed E-state index contributed by atoms with van der Waals surface area (Å²) >= 11 is 0. The zero-order chi connectivity index (χ0) is 17.4. The number of ether oxygens (including phenoxy) is 1. The Hall–Kier alpha value is -1.10. The molecule has 1 saturated heterocycles. The van der Waals surface area contributed by atoms with Crippen molar-refractivity contribution in [2.75, 3.05) is 20.2 Å². The molecule has 0 unspecified atom stereocenters. The number of nitrogens with zero attached hydrogens (tertiary/aromatic N) is 1. The Balaban J connectivity index is 1.68. The number of rotatable bonds is 7. The normalized spacial score (nSPS) is 24.8. The van der Waals surface area contributed by atoms with Crippen molar-refractivity contribution in [3.63, 3.8) is 0 Å².